The van der Waals surface area contributed by atoms with Gasteiger partial charge in [-0.25, -0.2) is 9.59 Å². The number of esters is 1. The van der Waals surface area contributed by atoms with E-state index in [4.69, 9.17) is 5.73 Å². The molecule has 1 aromatic rings. The van der Waals surface area contributed by atoms with Crippen LogP contribution in [0.1, 0.15) is 20.3 Å². The molecule has 1 rings (SSSR count). The molecule has 8 nitrogen and oxygen atoms in total. The lowest BCUT2D eigenvalue weighted by Gasteiger charge is -2.18. The highest BCUT2D eigenvalue weighted by Gasteiger charge is 2.20. The van der Waals surface area contributed by atoms with Gasteiger partial charge in [0.25, 0.3) is 5.56 Å². The number of carbonyl (C=O) groups is 1. The predicted octanol–water partition coefficient (Wildman–Crippen LogP) is -0.487. The number of carbonyl (C=O) groups excluding carboxylic acids is 1. The predicted molar refractivity (Wildman–Crippen MR) is 75.7 cm³/mol. The van der Waals surface area contributed by atoms with Gasteiger partial charge in [0.1, 0.15) is 17.5 Å². The fourth-order valence-corrected chi connectivity index (χ4v) is 1.81. The highest BCUT2D eigenvalue weighted by atomic mass is 16.5. The average Bonchev–Trinajstić information content (AvgIpc) is 2.44. The summed E-state index contributed by atoms with van der Waals surface area (Å²) in [6.45, 7) is 3.82. The van der Waals surface area contributed by atoms with Gasteiger partial charge in [0.05, 0.1) is 7.11 Å². The molecule has 0 bridgehead atoms. The normalized spacial score (nSPS) is 12.0. The maximum absolute atomic E-state index is 12.1. The molecular formula is C12H20N4O4. The third-order valence-corrected chi connectivity index (χ3v) is 2.95. The number of aromatic nitrogens is 2. The third-order valence-electron chi connectivity index (χ3n) is 2.95. The number of nitrogens with one attached hydrogen (secondary N) is 1. The first-order valence-corrected chi connectivity index (χ1v) is 6.28. The number of methoxy groups -OCH3 is 1. The van der Waals surface area contributed by atoms with Crippen LogP contribution in [0.25, 0.3) is 0 Å². The van der Waals surface area contributed by atoms with Crippen LogP contribution in [0.4, 0.5) is 11.5 Å². The second-order valence-electron chi connectivity index (χ2n) is 4.45. The fourth-order valence-electron chi connectivity index (χ4n) is 1.81. The summed E-state index contributed by atoms with van der Waals surface area (Å²) in [5.41, 5.74) is 4.84. The molecule has 0 aliphatic carbocycles. The Morgan fingerprint density at radius 2 is 2.05 bits per heavy atom. The standard InChI is InChI=1S/C12H20N4O4/c1-5-6-16-9(13)8(10(17)15(3)12(16)19)14-7(2)11(18)20-4/h7,14H,5-6,13H2,1-4H3. The van der Waals surface area contributed by atoms with Crippen LogP contribution in [0.2, 0.25) is 0 Å². The molecule has 0 fully saturated rings. The van der Waals surface area contributed by atoms with Gasteiger partial charge in [-0.1, -0.05) is 6.92 Å². The number of hydrogen-bond acceptors (Lipinski definition) is 6. The molecule has 3 N–H and O–H groups in total. The first-order chi connectivity index (χ1) is 9.34. The van der Waals surface area contributed by atoms with Crippen LogP contribution in [0.5, 0.6) is 0 Å². The van der Waals surface area contributed by atoms with Crippen LogP contribution in [-0.4, -0.2) is 28.3 Å². The van der Waals surface area contributed by atoms with Crippen molar-refractivity contribution in [2.45, 2.75) is 32.9 Å². The monoisotopic (exact) mass is 284 g/mol. The Labute approximate surface area is 116 Å². The Bertz CT molecular complexity index is 617. The van der Waals surface area contributed by atoms with E-state index in [9.17, 15) is 14.4 Å². The molecule has 1 unspecified atom stereocenters. The number of hydrogen-bond donors (Lipinski definition) is 2. The molecule has 0 aliphatic heterocycles. The molecule has 0 aromatic carbocycles. The van der Waals surface area contributed by atoms with Crippen molar-refractivity contribution < 1.29 is 9.53 Å². The maximum atomic E-state index is 12.1. The van der Waals surface area contributed by atoms with Gasteiger partial charge in [-0.2, -0.15) is 0 Å². The Morgan fingerprint density at radius 3 is 2.55 bits per heavy atom. The highest BCUT2D eigenvalue weighted by molar-refractivity contribution is 5.80. The van der Waals surface area contributed by atoms with E-state index in [0.717, 1.165) is 4.57 Å². The maximum Gasteiger partial charge on any atom is 0.332 e. The quantitative estimate of drug-likeness (QED) is 0.706. The lowest BCUT2D eigenvalue weighted by molar-refractivity contribution is -0.141. The third kappa shape index (κ3) is 2.84. The van der Waals surface area contributed by atoms with E-state index in [-0.39, 0.29) is 11.5 Å². The Hall–Kier alpha value is -2.25. The van der Waals surface area contributed by atoms with Crippen molar-refractivity contribution in [3.8, 4) is 0 Å². The fraction of sp³-hybridized carbons (Fsp3) is 0.583. The smallest absolute Gasteiger partial charge is 0.332 e. The minimum Gasteiger partial charge on any atom is -0.467 e. The summed E-state index contributed by atoms with van der Waals surface area (Å²) >= 11 is 0. The van der Waals surface area contributed by atoms with Crippen molar-refractivity contribution in [1.29, 1.82) is 0 Å². The molecular weight excluding hydrogens is 264 g/mol. The lowest BCUT2D eigenvalue weighted by atomic mass is 10.3. The molecule has 1 aromatic heterocycles. The summed E-state index contributed by atoms with van der Waals surface area (Å²) in [6.07, 6.45) is 0.689. The number of nitrogens with two attached hydrogens (primary N) is 1. The molecule has 112 valence electrons. The topological polar surface area (TPSA) is 108 Å². The first kappa shape index (κ1) is 15.8. The van der Waals surface area contributed by atoms with Crippen LogP contribution in [0, 0.1) is 0 Å². The zero-order valence-electron chi connectivity index (χ0n) is 12.1. The highest BCUT2D eigenvalue weighted by Crippen LogP contribution is 2.12. The van der Waals surface area contributed by atoms with Crippen LogP contribution >= 0.6 is 0 Å². The summed E-state index contributed by atoms with van der Waals surface area (Å²) in [5, 5.41) is 2.70. The van der Waals surface area contributed by atoms with Crippen molar-refractivity contribution in [3.63, 3.8) is 0 Å². The molecule has 0 saturated carbocycles. The molecule has 8 heteroatoms. The number of rotatable bonds is 5. The summed E-state index contributed by atoms with van der Waals surface area (Å²) in [4.78, 5) is 35.4. The number of anilines is 2. The van der Waals surface area contributed by atoms with E-state index in [1.807, 2.05) is 6.92 Å². The second-order valence-corrected chi connectivity index (χ2v) is 4.45. The molecule has 0 radical (unpaired) electrons. The molecule has 0 amide bonds. The van der Waals surface area contributed by atoms with E-state index >= 15 is 0 Å². The van der Waals surface area contributed by atoms with Gasteiger partial charge in [0.2, 0.25) is 0 Å². The van der Waals surface area contributed by atoms with Gasteiger partial charge >= 0.3 is 11.7 Å². The SMILES string of the molecule is CCCn1c(N)c(NC(C)C(=O)OC)c(=O)n(C)c1=O. The number of nitrogen functional groups attached to an aromatic ring is 1. The summed E-state index contributed by atoms with van der Waals surface area (Å²) in [5.74, 6) is -0.504. The second kappa shape index (κ2) is 6.27. The van der Waals surface area contributed by atoms with E-state index in [1.54, 1.807) is 6.92 Å². The zero-order chi connectivity index (χ0) is 15.4. The molecule has 20 heavy (non-hydrogen) atoms. The molecule has 1 heterocycles. The van der Waals surface area contributed by atoms with Crippen molar-refractivity contribution in [2.24, 2.45) is 7.05 Å². The van der Waals surface area contributed by atoms with Crippen LogP contribution in [-0.2, 0) is 23.1 Å². The number of nitrogens with zero attached hydrogens (tertiary/aromatic N) is 2. The molecule has 0 spiro atoms. The summed E-state index contributed by atoms with van der Waals surface area (Å²) < 4.78 is 6.83. The van der Waals surface area contributed by atoms with Crippen molar-refractivity contribution in [3.05, 3.63) is 20.8 Å². The van der Waals surface area contributed by atoms with Crippen molar-refractivity contribution in [2.75, 3.05) is 18.2 Å². The summed E-state index contributed by atoms with van der Waals surface area (Å²) in [6, 6.07) is -0.748. The van der Waals surface area contributed by atoms with Gasteiger partial charge in [-0.3, -0.25) is 13.9 Å². The summed E-state index contributed by atoms with van der Waals surface area (Å²) in [7, 11) is 2.62. The minimum absolute atomic E-state index is 0.0238. The number of ether oxygens (including phenoxy) is 1. The van der Waals surface area contributed by atoms with Gasteiger partial charge < -0.3 is 15.8 Å². The Balaban J connectivity index is 3.36. The first-order valence-electron chi connectivity index (χ1n) is 6.28. The van der Waals surface area contributed by atoms with Crippen molar-refractivity contribution >= 4 is 17.5 Å². The minimum atomic E-state index is -0.748. The van der Waals surface area contributed by atoms with E-state index in [2.05, 4.69) is 10.1 Å². The largest absolute Gasteiger partial charge is 0.467 e. The zero-order valence-corrected chi connectivity index (χ0v) is 12.1. The van der Waals surface area contributed by atoms with E-state index in [0.29, 0.717) is 13.0 Å². The van der Waals surface area contributed by atoms with E-state index in [1.165, 1.54) is 18.7 Å². The van der Waals surface area contributed by atoms with E-state index < -0.39 is 23.3 Å². The van der Waals surface area contributed by atoms with Crippen LogP contribution in [0.3, 0.4) is 0 Å². The molecule has 0 aliphatic rings. The van der Waals surface area contributed by atoms with Gasteiger partial charge in [-0.15, -0.1) is 0 Å². The van der Waals surface area contributed by atoms with Gasteiger partial charge in [0.15, 0.2) is 0 Å². The average molecular weight is 284 g/mol. The van der Waals surface area contributed by atoms with Crippen LogP contribution in [0.15, 0.2) is 9.59 Å². The van der Waals surface area contributed by atoms with Gasteiger partial charge in [0, 0.05) is 13.6 Å². The lowest BCUT2D eigenvalue weighted by Crippen LogP contribution is -2.42. The Morgan fingerprint density at radius 1 is 1.45 bits per heavy atom. The Kier molecular flexibility index (Phi) is 4.95. The molecule has 1 atom stereocenters. The van der Waals surface area contributed by atoms with Gasteiger partial charge in [-0.05, 0) is 13.3 Å². The van der Waals surface area contributed by atoms with Crippen LogP contribution < -0.4 is 22.3 Å². The van der Waals surface area contributed by atoms with Crippen molar-refractivity contribution in [1.82, 2.24) is 9.13 Å². The molecule has 0 saturated heterocycles.